The van der Waals surface area contributed by atoms with E-state index in [0.29, 0.717) is 11.3 Å². The van der Waals surface area contributed by atoms with Gasteiger partial charge in [0.25, 0.3) is 0 Å². The van der Waals surface area contributed by atoms with Gasteiger partial charge in [-0.25, -0.2) is 0 Å². The van der Waals surface area contributed by atoms with Crippen LogP contribution in [-0.4, -0.2) is 28.6 Å². The Morgan fingerprint density at radius 3 is 2.82 bits per heavy atom. The molecular formula is C12H20N2S3. The van der Waals surface area contributed by atoms with Crippen LogP contribution in [0.5, 0.6) is 0 Å². The van der Waals surface area contributed by atoms with Gasteiger partial charge in [-0.05, 0) is 25.0 Å². The molecule has 1 aromatic heterocycles. The standard InChI is InChI=1S/C12H20N2S3/c1-2-9-3-4-10(17-9)7-11(14-13)12-8-15-5-6-16-12/h3-4,11-12,14H,2,5-8,13H2,1H3. The number of thiophene rings is 1. The minimum absolute atomic E-state index is 0.413. The van der Waals surface area contributed by atoms with Gasteiger partial charge < -0.3 is 0 Å². The number of hydrazine groups is 1. The lowest BCUT2D eigenvalue weighted by molar-refractivity contribution is 0.527. The first-order chi connectivity index (χ1) is 8.33. The third kappa shape index (κ3) is 3.89. The summed E-state index contributed by atoms with van der Waals surface area (Å²) in [5.41, 5.74) is 3.02. The van der Waals surface area contributed by atoms with Gasteiger partial charge in [-0.15, -0.1) is 11.3 Å². The van der Waals surface area contributed by atoms with E-state index >= 15 is 0 Å². The van der Waals surface area contributed by atoms with Crippen molar-refractivity contribution in [3.05, 3.63) is 21.9 Å². The molecule has 2 nitrogen and oxygen atoms in total. The molecule has 0 spiro atoms. The number of nitrogens with two attached hydrogens (primary N) is 1. The van der Waals surface area contributed by atoms with E-state index < -0.39 is 0 Å². The monoisotopic (exact) mass is 288 g/mol. The number of hydrogen-bond donors (Lipinski definition) is 2. The van der Waals surface area contributed by atoms with Crippen molar-refractivity contribution < 1.29 is 0 Å². The maximum atomic E-state index is 5.72. The highest BCUT2D eigenvalue weighted by Crippen LogP contribution is 2.28. The summed E-state index contributed by atoms with van der Waals surface area (Å²) in [6.07, 6.45) is 2.21. The van der Waals surface area contributed by atoms with Gasteiger partial charge in [0, 0.05) is 38.3 Å². The summed E-state index contributed by atoms with van der Waals surface area (Å²) in [4.78, 5) is 2.93. The van der Waals surface area contributed by atoms with Crippen LogP contribution in [0.2, 0.25) is 0 Å². The maximum Gasteiger partial charge on any atom is 0.0385 e. The smallest absolute Gasteiger partial charge is 0.0385 e. The second-order valence-corrected chi connectivity index (χ2v) is 7.93. The molecule has 2 atom stereocenters. The highest BCUT2D eigenvalue weighted by Gasteiger charge is 2.24. The Balaban J connectivity index is 1.93. The Morgan fingerprint density at radius 2 is 2.24 bits per heavy atom. The van der Waals surface area contributed by atoms with Crippen molar-refractivity contribution in [1.29, 1.82) is 0 Å². The summed E-state index contributed by atoms with van der Waals surface area (Å²) in [6.45, 7) is 2.21. The van der Waals surface area contributed by atoms with Crippen molar-refractivity contribution in [3.63, 3.8) is 0 Å². The summed E-state index contributed by atoms with van der Waals surface area (Å²) in [5, 5.41) is 0.658. The van der Waals surface area contributed by atoms with Gasteiger partial charge in [-0.3, -0.25) is 11.3 Å². The summed E-state index contributed by atoms with van der Waals surface area (Å²) in [6, 6.07) is 4.92. The Hall–Kier alpha value is 0.320. The Kier molecular flexibility index (Phi) is 5.69. The van der Waals surface area contributed by atoms with Gasteiger partial charge in [0.15, 0.2) is 0 Å². The lowest BCUT2D eigenvalue weighted by Crippen LogP contribution is -2.46. The largest absolute Gasteiger partial charge is 0.271 e. The second kappa shape index (κ2) is 7.04. The van der Waals surface area contributed by atoms with E-state index in [9.17, 15) is 0 Å². The predicted octanol–water partition coefficient (Wildman–Crippen LogP) is 2.53. The third-order valence-electron chi connectivity index (χ3n) is 2.99. The highest BCUT2D eigenvalue weighted by molar-refractivity contribution is 8.06. The van der Waals surface area contributed by atoms with Crippen LogP contribution in [0.3, 0.4) is 0 Å². The molecule has 0 amide bonds. The minimum Gasteiger partial charge on any atom is -0.271 e. The maximum absolute atomic E-state index is 5.72. The fraction of sp³-hybridized carbons (Fsp3) is 0.667. The van der Waals surface area contributed by atoms with Crippen LogP contribution in [0.15, 0.2) is 12.1 Å². The van der Waals surface area contributed by atoms with Crippen LogP contribution in [0.25, 0.3) is 0 Å². The Bertz CT molecular complexity index is 334. The Labute approximate surface area is 116 Å². The number of aryl methyl sites for hydroxylation is 1. The average molecular weight is 289 g/mol. The van der Waals surface area contributed by atoms with Crippen molar-refractivity contribution in [2.45, 2.75) is 31.1 Å². The third-order valence-corrected chi connectivity index (χ3v) is 7.16. The number of nitrogens with one attached hydrogen (secondary N) is 1. The molecule has 1 aromatic rings. The fourth-order valence-corrected chi connectivity index (χ4v) is 5.86. The van der Waals surface area contributed by atoms with Crippen molar-refractivity contribution in [3.8, 4) is 0 Å². The normalized spacial score (nSPS) is 22.6. The molecule has 3 N–H and O–H groups in total. The molecular weight excluding hydrogens is 268 g/mol. The van der Waals surface area contributed by atoms with Gasteiger partial charge in [0.1, 0.15) is 0 Å². The minimum atomic E-state index is 0.413. The van der Waals surface area contributed by atoms with Crippen LogP contribution in [0.4, 0.5) is 0 Å². The van der Waals surface area contributed by atoms with Crippen LogP contribution in [0, 0.1) is 0 Å². The molecule has 96 valence electrons. The molecule has 2 unspecified atom stereocenters. The van der Waals surface area contributed by atoms with Crippen molar-refractivity contribution in [1.82, 2.24) is 5.43 Å². The summed E-state index contributed by atoms with van der Waals surface area (Å²) in [7, 11) is 0. The number of thioether (sulfide) groups is 2. The quantitative estimate of drug-likeness (QED) is 0.645. The predicted molar refractivity (Wildman–Crippen MR) is 82.1 cm³/mol. The molecule has 2 rings (SSSR count). The topological polar surface area (TPSA) is 38.0 Å². The van der Waals surface area contributed by atoms with Crippen LogP contribution in [-0.2, 0) is 12.8 Å². The van der Waals surface area contributed by atoms with Gasteiger partial charge in [-0.2, -0.15) is 23.5 Å². The number of rotatable bonds is 5. The van der Waals surface area contributed by atoms with E-state index in [1.807, 2.05) is 11.3 Å². The van der Waals surface area contributed by atoms with E-state index in [0.717, 1.165) is 12.8 Å². The average Bonchev–Trinajstić information content (AvgIpc) is 2.84. The molecule has 0 aliphatic carbocycles. The summed E-state index contributed by atoms with van der Waals surface area (Å²) in [5.74, 6) is 9.50. The molecule has 1 aliphatic rings. The van der Waals surface area contributed by atoms with E-state index in [1.54, 1.807) is 0 Å². The summed E-state index contributed by atoms with van der Waals surface area (Å²) >= 11 is 6.05. The molecule has 5 heteroatoms. The summed E-state index contributed by atoms with van der Waals surface area (Å²) < 4.78 is 0. The zero-order chi connectivity index (χ0) is 12.1. The van der Waals surface area contributed by atoms with Crippen molar-refractivity contribution in [2.24, 2.45) is 5.84 Å². The first kappa shape index (κ1) is 13.7. The highest BCUT2D eigenvalue weighted by atomic mass is 32.2. The molecule has 1 fully saturated rings. The molecule has 0 radical (unpaired) electrons. The van der Waals surface area contributed by atoms with Crippen LogP contribution < -0.4 is 11.3 Å². The van der Waals surface area contributed by atoms with Gasteiger partial charge in [-0.1, -0.05) is 6.92 Å². The molecule has 2 heterocycles. The van der Waals surface area contributed by atoms with Gasteiger partial charge in [0.05, 0.1) is 0 Å². The lowest BCUT2D eigenvalue weighted by Gasteiger charge is -2.28. The van der Waals surface area contributed by atoms with Gasteiger partial charge >= 0.3 is 0 Å². The number of hydrogen-bond acceptors (Lipinski definition) is 5. The van der Waals surface area contributed by atoms with E-state index in [1.165, 1.54) is 27.0 Å². The molecule has 1 aliphatic heterocycles. The lowest BCUT2D eigenvalue weighted by atomic mass is 10.1. The molecule has 1 saturated heterocycles. The SMILES string of the molecule is CCc1ccc(CC(NN)C2CSCCS2)s1. The van der Waals surface area contributed by atoms with E-state index in [-0.39, 0.29) is 0 Å². The van der Waals surface area contributed by atoms with Crippen molar-refractivity contribution in [2.75, 3.05) is 17.3 Å². The first-order valence-electron chi connectivity index (χ1n) is 6.06. The van der Waals surface area contributed by atoms with Crippen LogP contribution in [0.1, 0.15) is 16.7 Å². The first-order valence-corrected chi connectivity index (χ1v) is 9.08. The van der Waals surface area contributed by atoms with Crippen molar-refractivity contribution >= 4 is 34.9 Å². The fourth-order valence-electron chi connectivity index (χ4n) is 1.97. The molecule has 0 aromatic carbocycles. The zero-order valence-electron chi connectivity index (χ0n) is 10.1. The van der Waals surface area contributed by atoms with Crippen LogP contribution >= 0.6 is 34.9 Å². The second-order valence-electron chi connectivity index (χ2n) is 4.18. The molecule has 17 heavy (non-hydrogen) atoms. The van der Waals surface area contributed by atoms with E-state index in [4.69, 9.17) is 5.84 Å². The molecule has 0 bridgehead atoms. The zero-order valence-corrected chi connectivity index (χ0v) is 12.6. The van der Waals surface area contributed by atoms with E-state index in [2.05, 4.69) is 48.0 Å². The molecule has 0 saturated carbocycles. The Morgan fingerprint density at radius 1 is 1.41 bits per heavy atom. The van der Waals surface area contributed by atoms with Gasteiger partial charge in [0.2, 0.25) is 0 Å².